The maximum Gasteiger partial charge on any atom is 0.339 e. The molecule has 1 aliphatic carbocycles. The smallest absolute Gasteiger partial charge is 0.339 e. The summed E-state index contributed by atoms with van der Waals surface area (Å²) < 4.78 is 0. The van der Waals surface area contributed by atoms with Crippen molar-refractivity contribution in [3.05, 3.63) is 47.1 Å². The molecule has 0 amide bonds. The molecule has 0 bridgehead atoms. The molecule has 130 valence electrons. The van der Waals surface area contributed by atoms with Crippen LogP contribution in [0.2, 0.25) is 0 Å². The van der Waals surface area contributed by atoms with Gasteiger partial charge in [0.1, 0.15) is 17.4 Å². The molecule has 8 N–H and O–H groups in total. The van der Waals surface area contributed by atoms with Crippen molar-refractivity contribution in [2.75, 3.05) is 5.73 Å². The Morgan fingerprint density at radius 3 is 2.25 bits per heavy atom. The molecule has 1 aromatic rings. The Kier molecular flexibility index (Phi) is 5.73. The van der Waals surface area contributed by atoms with Gasteiger partial charge in [-0.15, -0.1) is 0 Å². The number of carbonyl (C=O) groups is 2. The average molecular weight is 336 g/mol. The summed E-state index contributed by atoms with van der Waals surface area (Å²) in [5.74, 6) is -2.55. The number of carboxylic acid groups (broad SMARTS) is 2. The molecule has 0 heterocycles. The molecule has 2 unspecified atom stereocenters. The predicted octanol–water partition coefficient (Wildman–Crippen LogP) is 0.627. The monoisotopic (exact) mass is 336 g/mol. The van der Waals surface area contributed by atoms with Gasteiger partial charge < -0.3 is 31.9 Å². The second-order valence-corrected chi connectivity index (χ2v) is 5.54. The number of phenols is 1. The van der Waals surface area contributed by atoms with Crippen LogP contribution >= 0.6 is 0 Å². The maximum atomic E-state index is 10.5. The summed E-state index contributed by atoms with van der Waals surface area (Å²) in [6.45, 7) is 3.14. The fourth-order valence-electron chi connectivity index (χ4n) is 1.95. The topological polar surface area (TPSA) is 167 Å². The standard InChI is InChI=1S/C8H11NO3.C8H9NO3/c1-8(9)4-2-3-5(6(8)10)7(11)12;1-4-6(9)3-2-5(7(4)10)8(11)12/h2-4,6,10H,9H2,1H3,(H,11,12);2-3,10H,9H2,1H3,(H,11,12). The van der Waals surface area contributed by atoms with E-state index in [1.165, 1.54) is 24.3 Å². The van der Waals surface area contributed by atoms with Crippen LogP contribution < -0.4 is 11.5 Å². The first-order valence-corrected chi connectivity index (χ1v) is 6.90. The molecular weight excluding hydrogens is 316 g/mol. The molecule has 2 rings (SSSR count). The van der Waals surface area contributed by atoms with E-state index in [1.807, 2.05) is 0 Å². The number of aliphatic carboxylic acids is 1. The molecule has 2 atom stereocenters. The number of carboxylic acids is 2. The minimum absolute atomic E-state index is 0.0671. The van der Waals surface area contributed by atoms with Crippen molar-refractivity contribution in [3.63, 3.8) is 0 Å². The number of nitrogens with two attached hydrogens (primary N) is 2. The van der Waals surface area contributed by atoms with Crippen molar-refractivity contribution in [1.29, 1.82) is 0 Å². The van der Waals surface area contributed by atoms with Crippen molar-refractivity contribution in [2.45, 2.75) is 25.5 Å². The lowest BCUT2D eigenvalue weighted by Crippen LogP contribution is -2.49. The molecule has 0 aromatic heterocycles. The Hall–Kier alpha value is -2.84. The van der Waals surface area contributed by atoms with Crippen LogP contribution in [0.3, 0.4) is 0 Å². The summed E-state index contributed by atoms with van der Waals surface area (Å²) in [6.07, 6.45) is 3.32. The summed E-state index contributed by atoms with van der Waals surface area (Å²) in [5, 5.41) is 35.9. The van der Waals surface area contributed by atoms with Gasteiger partial charge in [0.2, 0.25) is 0 Å². The van der Waals surface area contributed by atoms with Gasteiger partial charge in [-0.25, -0.2) is 9.59 Å². The van der Waals surface area contributed by atoms with Gasteiger partial charge in [0, 0.05) is 11.3 Å². The van der Waals surface area contributed by atoms with Crippen LogP contribution in [-0.4, -0.2) is 44.0 Å². The summed E-state index contributed by atoms with van der Waals surface area (Å²) in [7, 11) is 0. The Balaban J connectivity index is 0.000000240. The second-order valence-electron chi connectivity index (χ2n) is 5.54. The number of anilines is 1. The SMILES string of the molecule is CC1(N)C=CC=C(C(=O)O)C1O.Cc1c(N)ccc(C(=O)O)c1O. The molecule has 0 radical (unpaired) electrons. The third-order valence-corrected chi connectivity index (χ3v) is 3.57. The van der Waals surface area contributed by atoms with Gasteiger partial charge in [-0.3, -0.25) is 0 Å². The van der Waals surface area contributed by atoms with Crippen LogP contribution in [0.25, 0.3) is 0 Å². The number of aliphatic hydroxyl groups is 1. The number of benzene rings is 1. The number of aliphatic hydroxyl groups excluding tert-OH is 1. The Morgan fingerprint density at radius 2 is 1.79 bits per heavy atom. The molecule has 1 aliphatic rings. The van der Waals surface area contributed by atoms with Crippen LogP contribution in [-0.2, 0) is 4.79 Å². The van der Waals surface area contributed by atoms with Gasteiger partial charge in [-0.2, -0.15) is 0 Å². The Morgan fingerprint density at radius 1 is 1.21 bits per heavy atom. The lowest BCUT2D eigenvalue weighted by atomic mass is 9.86. The highest BCUT2D eigenvalue weighted by Gasteiger charge is 2.33. The third kappa shape index (κ3) is 4.12. The van der Waals surface area contributed by atoms with E-state index in [0.29, 0.717) is 11.3 Å². The minimum Gasteiger partial charge on any atom is -0.507 e. The van der Waals surface area contributed by atoms with E-state index in [1.54, 1.807) is 19.9 Å². The molecule has 0 fully saturated rings. The van der Waals surface area contributed by atoms with Gasteiger partial charge in [-0.1, -0.05) is 12.2 Å². The van der Waals surface area contributed by atoms with Gasteiger partial charge in [0.25, 0.3) is 0 Å². The number of aromatic carboxylic acids is 1. The first-order valence-electron chi connectivity index (χ1n) is 6.90. The van der Waals surface area contributed by atoms with Gasteiger partial charge in [-0.05, 0) is 32.1 Å². The van der Waals surface area contributed by atoms with Crippen molar-refractivity contribution < 1.29 is 30.0 Å². The quantitative estimate of drug-likeness (QED) is 0.427. The van der Waals surface area contributed by atoms with Gasteiger partial charge >= 0.3 is 11.9 Å². The molecule has 0 saturated heterocycles. The first-order chi connectivity index (χ1) is 11.0. The highest BCUT2D eigenvalue weighted by Crippen LogP contribution is 2.26. The van der Waals surface area contributed by atoms with Crippen molar-refractivity contribution in [1.82, 2.24) is 0 Å². The highest BCUT2D eigenvalue weighted by molar-refractivity contribution is 5.92. The van der Waals surface area contributed by atoms with Crippen molar-refractivity contribution in [2.24, 2.45) is 5.73 Å². The van der Waals surface area contributed by atoms with Crippen molar-refractivity contribution >= 4 is 17.6 Å². The molecule has 1 aromatic carbocycles. The van der Waals surface area contributed by atoms with Gasteiger partial charge in [0.05, 0.1) is 11.1 Å². The molecular formula is C16H20N2O6. The van der Waals surface area contributed by atoms with E-state index in [2.05, 4.69) is 0 Å². The summed E-state index contributed by atoms with van der Waals surface area (Å²) >= 11 is 0. The highest BCUT2D eigenvalue weighted by atomic mass is 16.4. The number of hydrogen-bond acceptors (Lipinski definition) is 6. The molecule has 8 heteroatoms. The average Bonchev–Trinajstić information content (AvgIpc) is 2.47. The van der Waals surface area contributed by atoms with E-state index in [9.17, 15) is 19.8 Å². The fraction of sp³-hybridized carbons (Fsp3) is 0.250. The number of allylic oxidation sites excluding steroid dienone is 2. The predicted molar refractivity (Wildman–Crippen MR) is 87.7 cm³/mol. The van der Waals surface area contributed by atoms with Crippen LogP contribution in [0.15, 0.2) is 35.9 Å². The third-order valence-electron chi connectivity index (χ3n) is 3.57. The van der Waals surface area contributed by atoms with E-state index in [-0.39, 0.29) is 16.9 Å². The number of rotatable bonds is 2. The summed E-state index contributed by atoms with van der Waals surface area (Å²) in [5.41, 5.74) is 10.7. The molecule has 0 saturated carbocycles. The number of nitrogen functional groups attached to an aromatic ring is 1. The number of hydrogen-bond donors (Lipinski definition) is 6. The van der Waals surface area contributed by atoms with Crippen LogP contribution in [0.4, 0.5) is 5.69 Å². The zero-order chi connectivity index (χ0) is 18.7. The van der Waals surface area contributed by atoms with E-state index < -0.39 is 23.6 Å². The lowest BCUT2D eigenvalue weighted by Gasteiger charge is -2.29. The first kappa shape index (κ1) is 19.2. The van der Waals surface area contributed by atoms with E-state index >= 15 is 0 Å². The number of aromatic hydroxyl groups is 1. The zero-order valence-corrected chi connectivity index (χ0v) is 13.2. The van der Waals surface area contributed by atoms with Crippen LogP contribution in [0.5, 0.6) is 5.75 Å². The summed E-state index contributed by atoms with van der Waals surface area (Å²) in [6, 6.07) is 2.73. The van der Waals surface area contributed by atoms with E-state index in [4.69, 9.17) is 21.7 Å². The fourth-order valence-corrected chi connectivity index (χ4v) is 1.95. The second kappa shape index (κ2) is 7.16. The zero-order valence-electron chi connectivity index (χ0n) is 13.2. The van der Waals surface area contributed by atoms with Crippen LogP contribution in [0, 0.1) is 6.92 Å². The molecule has 24 heavy (non-hydrogen) atoms. The molecule has 0 spiro atoms. The maximum absolute atomic E-state index is 10.5. The largest absolute Gasteiger partial charge is 0.507 e. The van der Waals surface area contributed by atoms with Crippen molar-refractivity contribution in [3.8, 4) is 5.75 Å². The normalized spacial score (nSPS) is 22.2. The Labute approximate surface area is 138 Å². The van der Waals surface area contributed by atoms with Crippen LogP contribution in [0.1, 0.15) is 22.8 Å². The lowest BCUT2D eigenvalue weighted by molar-refractivity contribution is -0.134. The van der Waals surface area contributed by atoms with E-state index in [0.717, 1.165) is 0 Å². The molecule has 8 nitrogen and oxygen atoms in total. The van der Waals surface area contributed by atoms with Gasteiger partial charge in [0.15, 0.2) is 0 Å². The minimum atomic E-state index is -1.16. The molecule has 0 aliphatic heterocycles. The summed E-state index contributed by atoms with van der Waals surface area (Å²) in [4.78, 5) is 21.0. The Bertz CT molecular complexity index is 722.